The van der Waals surface area contributed by atoms with Crippen LogP contribution in [0.4, 0.5) is 5.13 Å². The van der Waals surface area contributed by atoms with Crippen LogP contribution in [0.15, 0.2) is 5.38 Å². The van der Waals surface area contributed by atoms with Crippen molar-refractivity contribution in [1.29, 1.82) is 0 Å². The lowest BCUT2D eigenvalue weighted by atomic mass is 10.1. The van der Waals surface area contributed by atoms with Crippen molar-refractivity contribution >= 4 is 16.5 Å². The number of thiazole rings is 1. The SMILES string of the molecule is CCCC(N)c1csc(N2CCCCCC2)n1. The zero-order chi connectivity index (χ0) is 12.1. The Hall–Kier alpha value is -0.610. The Morgan fingerprint density at radius 2 is 2.06 bits per heavy atom. The molecule has 2 rings (SSSR count). The van der Waals surface area contributed by atoms with Gasteiger partial charge in [-0.25, -0.2) is 4.98 Å². The van der Waals surface area contributed by atoms with E-state index in [1.807, 2.05) is 0 Å². The number of anilines is 1. The Bertz CT molecular complexity index is 329. The molecular formula is C13H23N3S. The van der Waals surface area contributed by atoms with Gasteiger partial charge in [0, 0.05) is 24.5 Å². The van der Waals surface area contributed by atoms with Crippen LogP contribution in [0.2, 0.25) is 0 Å². The molecule has 4 heteroatoms. The van der Waals surface area contributed by atoms with Crippen molar-refractivity contribution in [1.82, 2.24) is 4.98 Å². The molecule has 96 valence electrons. The second-order valence-corrected chi connectivity index (χ2v) is 5.69. The number of aromatic nitrogens is 1. The summed E-state index contributed by atoms with van der Waals surface area (Å²) in [6, 6.07) is 0.122. The minimum absolute atomic E-state index is 0.122. The number of nitrogens with two attached hydrogens (primary N) is 1. The zero-order valence-corrected chi connectivity index (χ0v) is 11.5. The predicted molar refractivity (Wildman–Crippen MR) is 74.6 cm³/mol. The van der Waals surface area contributed by atoms with Gasteiger partial charge in [-0.3, -0.25) is 0 Å². The van der Waals surface area contributed by atoms with Crippen LogP contribution in [0.5, 0.6) is 0 Å². The Morgan fingerprint density at radius 3 is 2.71 bits per heavy atom. The number of hydrogen-bond donors (Lipinski definition) is 1. The average Bonchev–Trinajstić information content (AvgIpc) is 2.66. The summed E-state index contributed by atoms with van der Waals surface area (Å²) in [6.45, 7) is 4.49. The highest BCUT2D eigenvalue weighted by atomic mass is 32.1. The first-order valence-electron chi connectivity index (χ1n) is 6.77. The molecule has 0 radical (unpaired) electrons. The number of rotatable bonds is 4. The van der Waals surface area contributed by atoms with Crippen LogP contribution in [-0.4, -0.2) is 18.1 Å². The summed E-state index contributed by atoms with van der Waals surface area (Å²) in [5, 5.41) is 3.31. The molecule has 0 amide bonds. The Labute approximate surface area is 108 Å². The molecule has 1 aromatic rings. The van der Waals surface area contributed by atoms with Crippen molar-refractivity contribution in [2.24, 2.45) is 5.73 Å². The molecule has 3 nitrogen and oxygen atoms in total. The Morgan fingerprint density at radius 1 is 1.35 bits per heavy atom. The summed E-state index contributed by atoms with van der Waals surface area (Å²) in [4.78, 5) is 7.14. The van der Waals surface area contributed by atoms with Gasteiger partial charge in [0.05, 0.1) is 5.69 Å². The van der Waals surface area contributed by atoms with E-state index in [0.29, 0.717) is 0 Å². The third kappa shape index (κ3) is 3.42. The van der Waals surface area contributed by atoms with Crippen molar-refractivity contribution in [2.75, 3.05) is 18.0 Å². The van der Waals surface area contributed by atoms with Gasteiger partial charge in [0.25, 0.3) is 0 Å². The van der Waals surface area contributed by atoms with E-state index in [-0.39, 0.29) is 6.04 Å². The quantitative estimate of drug-likeness (QED) is 0.895. The summed E-state index contributed by atoms with van der Waals surface area (Å²) in [5.41, 5.74) is 7.18. The molecular weight excluding hydrogens is 230 g/mol. The van der Waals surface area contributed by atoms with Gasteiger partial charge in [0.1, 0.15) is 0 Å². The van der Waals surface area contributed by atoms with Crippen LogP contribution in [0.25, 0.3) is 0 Å². The highest BCUT2D eigenvalue weighted by Crippen LogP contribution is 2.26. The molecule has 1 unspecified atom stereocenters. The van der Waals surface area contributed by atoms with Crippen LogP contribution in [0.3, 0.4) is 0 Å². The summed E-state index contributed by atoms with van der Waals surface area (Å²) < 4.78 is 0. The summed E-state index contributed by atoms with van der Waals surface area (Å²) >= 11 is 1.75. The van der Waals surface area contributed by atoms with E-state index in [4.69, 9.17) is 10.7 Å². The largest absolute Gasteiger partial charge is 0.348 e. The van der Waals surface area contributed by atoms with Crippen LogP contribution in [0.1, 0.15) is 57.2 Å². The van der Waals surface area contributed by atoms with Crippen molar-refractivity contribution in [3.05, 3.63) is 11.1 Å². The van der Waals surface area contributed by atoms with E-state index in [1.165, 1.54) is 30.8 Å². The van der Waals surface area contributed by atoms with Gasteiger partial charge >= 0.3 is 0 Å². The van der Waals surface area contributed by atoms with Gasteiger partial charge in [-0.1, -0.05) is 26.2 Å². The number of hydrogen-bond acceptors (Lipinski definition) is 4. The number of nitrogens with zero attached hydrogens (tertiary/aromatic N) is 2. The molecule has 1 aromatic heterocycles. The fourth-order valence-corrected chi connectivity index (χ4v) is 3.26. The standard InChI is InChI=1S/C13H23N3S/c1-2-7-11(14)12-10-17-13(15-12)16-8-5-3-4-6-9-16/h10-11H,2-9,14H2,1H3. The molecule has 0 saturated carbocycles. The molecule has 1 aliphatic rings. The van der Waals surface area contributed by atoms with E-state index in [2.05, 4.69) is 17.2 Å². The smallest absolute Gasteiger partial charge is 0.185 e. The maximum atomic E-state index is 6.10. The molecule has 0 aromatic carbocycles. The van der Waals surface area contributed by atoms with E-state index >= 15 is 0 Å². The first-order valence-corrected chi connectivity index (χ1v) is 7.65. The molecule has 1 saturated heterocycles. The second-order valence-electron chi connectivity index (χ2n) is 4.85. The highest BCUT2D eigenvalue weighted by molar-refractivity contribution is 7.13. The minimum Gasteiger partial charge on any atom is -0.348 e. The van der Waals surface area contributed by atoms with Crippen molar-refractivity contribution in [3.8, 4) is 0 Å². The zero-order valence-electron chi connectivity index (χ0n) is 10.7. The lowest BCUT2D eigenvalue weighted by Crippen LogP contribution is -2.23. The summed E-state index contributed by atoms with van der Waals surface area (Å²) in [5.74, 6) is 0. The molecule has 17 heavy (non-hydrogen) atoms. The van der Waals surface area contributed by atoms with Gasteiger partial charge in [-0.2, -0.15) is 0 Å². The van der Waals surface area contributed by atoms with E-state index in [0.717, 1.165) is 31.6 Å². The minimum atomic E-state index is 0.122. The Kier molecular flexibility index (Phi) is 4.80. The molecule has 1 atom stereocenters. The maximum absolute atomic E-state index is 6.10. The van der Waals surface area contributed by atoms with Crippen LogP contribution < -0.4 is 10.6 Å². The maximum Gasteiger partial charge on any atom is 0.185 e. The highest BCUT2D eigenvalue weighted by Gasteiger charge is 2.15. The summed E-state index contributed by atoms with van der Waals surface area (Å²) in [6.07, 6.45) is 7.49. The molecule has 1 fully saturated rings. The predicted octanol–water partition coefficient (Wildman–Crippen LogP) is 3.32. The van der Waals surface area contributed by atoms with Crippen molar-refractivity contribution < 1.29 is 0 Å². The summed E-state index contributed by atoms with van der Waals surface area (Å²) in [7, 11) is 0. The van der Waals surface area contributed by atoms with Crippen molar-refractivity contribution in [2.45, 2.75) is 51.5 Å². The first kappa shape index (κ1) is 12.8. The van der Waals surface area contributed by atoms with Crippen LogP contribution in [0, 0.1) is 0 Å². The molecule has 0 aliphatic carbocycles. The van der Waals surface area contributed by atoms with Gasteiger partial charge in [-0.15, -0.1) is 11.3 Å². The third-order valence-corrected chi connectivity index (χ3v) is 4.29. The molecule has 0 bridgehead atoms. The fourth-order valence-electron chi connectivity index (χ4n) is 2.31. The molecule has 2 N–H and O–H groups in total. The van der Waals surface area contributed by atoms with Crippen molar-refractivity contribution in [3.63, 3.8) is 0 Å². The molecule has 1 aliphatic heterocycles. The second kappa shape index (κ2) is 6.36. The van der Waals surface area contributed by atoms with Gasteiger partial charge in [-0.05, 0) is 19.3 Å². The van der Waals surface area contributed by atoms with Gasteiger partial charge < -0.3 is 10.6 Å². The van der Waals surface area contributed by atoms with Gasteiger partial charge in [0.15, 0.2) is 5.13 Å². The van der Waals surface area contributed by atoms with E-state index in [9.17, 15) is 0 Å². The lowest BCUT2D eigenvalue weighted by molar-refractivity contribution is 0.624. The normalized spacial score (nSPS) is 19.1. The van der Waals surface area contributed by atoms with E-state index < -0.39 is 0 Å². The monoisotopic (exact) mass is 253 g/mol. The van der Waals surface area contributed by atoms with Crippen LogP contribution >= 0.6 is 11.3 Å². The van der Waals surface area contributed by atoms with Crippen LogP contribution in [-0.2, 0) is 0 Å². The third-order valence-electron chi connectivity index (χ3n) is 3.37. The topological polar surface area (TPSA) is 42.1 Å². The van der Waals surface area contributed by atoms with E-state index in [1.54, 1.807) is 11.3 Å². The fraction of sp³-hybridized carbons (Fsp3) is 0.769. The molecule has 0 spiro atoms. The molecule has 2 heterocycles. The Balaban J connectivity index is 2.01. The first-order chi connectivity index (χ1) is 8.31. The van der Waals surface area contributed by atoms with Gasteiger partial charge in [0.2, 0.25) is 0 Å². The lowest BCUT2D eigenvalue weighted by Gasteiger charge is -2.18. The average molecular weight is 253 g/mol.